The number of carbonyl (C=O) groups excluding carboxylic acids is 1. The lowest BCUT2D eigenvalue weighted by atomic mass is 10.1. The van der Waals surface area contributed by atoms with Crippen molar-refractivity contribution in [3.05, 3.63) is 59.7 Å². The van der Waals surface area contributed by atoms with E-state index >= 15 is 0 Å². The first-order valence-corrected chi connectivity index (χ1v) is 9.68. The van der Waals surface area contributed by atoms with Gasteiger partial charge >= 0.3 is 0 Å². The van der Waals surface area contributed by atoms with Gasteiger partial charge in [-0.3, -0.25) is 4.79 Å². The minimum absolute atomic E-state index is 0. The van der Waals surface area contributed by atoms with Crippen molar-refractivity contribution in [3.63, 3.8) is 0 Å². The molecular formula is C22H32ClN3O2. The van der Waals surface area contributed by atoms with Crippen molar-refractivity contribution in [1.82, 2.24) is 4.90 Å². The third-order valence-corrected chi connectivity index (χ3v) is 4.94. The van der Waals surface area contributed by atoms with Crippen molar-refractivity contribution in [2.45, 2.75) is 26.8 Å². The first-order valence-electron chi connectivity index (χ1n) is 9.68. The number of nitrogens with two attached hydrogens (primary N) is 1. The molecule has 154 valence electrons. The second-order valence-corrected chi connectivity index (χ2v) is 6.76. The Labute approximate surface area is 174 Å². The van der Waals surface area contributed by atoms with Gasteiger partial charge in [-0.15, -0.1) is 0 Å². The largest absolute Gasteiger partial charge is 1.00 e. The Kier molecular flexibility index (Phi) is 10.4. The number of rotatable bonds is 10. The summed E-state index contributed by atoms with van der Waals surface area (Å²) in [5, 5.41) is 0. The number of nitrogens with one attached hydrogen (secondary N) is 1. The summed E-state index contributed by atoms with van der Waals surface area (Å²) in [5.41, 5.74) is 8.19. The summed E-state index contributed by atoms with van der Waals surface area (Å²) in [6, 6.07) is 15.0. The van der Waals surface area contributed by atoms with E-state index in [0.717, 1.165) is 43.9 Å². The number of hydrogen-bond acceptors (Lipinski definition) is 3. The van der Waals surface area contributed by atoms with Gasteiger partial charge in [0.1, 0.15) is 5.75 Å². The maximum Gasteiger partial charge on any atom is 0.254 e. The zero-order chi connectivity index (χ0) is 19.6. The third-order valence-electron chi connectivity index (χ3n) is 4.94. The van der Waals surface area contributed by atoms with Crippen LogP contribution in [0.25, 0.3) is 0 Å². The maximum atomic E-state index is 13.1. The highest BCUT2D eigenvalue weighted by atomic mass is 35.5. The van der Waals surface area contributed by atoms with Crippen molar-refractivity contribution < 1.29 is 26.8 Å². The van der Waals surface area contributed by atoms with Crippen LogP contribution in [0.2, 0.25) is 0 Å². The number of nitrogens with zero attached hydrogens (tertiary/aromatic N) is 1. The fourth-order valence-electron chi connectivity index (χ4n) is 3.14. The van der Waals surface area contributed by atoms with Gasteiger partial charge in [-0.25, -0.2) is 0 Å². The van der Waals surface area contributed by atoms with Gasteiger partial charge in [0.15, 0.2) is 0 Å². The van der Waals surface area contributed by atoms with Crippen molar-refractivity contribution in [3.8, 4) is 5.75 Å². The van der Waals surface area contributed by atoms with E-state index in [4.69, 9.17) is 10.5 Å². The lowest BCUT2D eigenvalue weighted by Crippen LogP contribution is -3.11. The molecule has 0 heterocycles. The van der Waals surface area contributed by atoms with Gasteiger partial charge in [-0.1, -0.05) is 12.1 Å². The lowest BCUT2D eigenvalue weighted by molar-refractivity contribution is -0.896. The quantitative estimate of drug-likeness (QED) is 0.511. The van der Waals surface area contributed by atoms with Crippen molar-refractivity contribution in [1.29, 1.82) is 0 Å². The van der Waals surface area contributed by atoms with E-state index in [-0.39, 0.29) is 18.3 Å². The van der Waals surface area contributed by atoms with Crippen molar-refractivity contribution >= 4 is 11.6 Å². The highest BCUT2D eigenvalue weighted by Crippen LogP contribution is 2.15. The zero-order valence-electron chi connectivity index (χ0n) is 17.1. The predicted molar refractivity (Wildman–Crippen MR) is 110 cm³/mol. The van der Waals surface area contributed by atoms with Gasteiger partial charge in [0.05, 0.1) is 26.7 Å². The lowest BCUT2D eigenvalue weighted by Gasteiger charge is -2.24. The van der Waals surface area contributed by atoms with Gasteiger partial charge in [0.25, 0.3) is 5.91 Å². The highest BCUT2D eigenvalue weighted by molar-refractivity contribution is 5.94. The molecule has 2 aromatic rings. The van der Waals surface area contributed by atoms with Crippen LogP contribution in [0.4, 0.5) is 5.69 Å². The second kappa shape index (κ2) is 12.3. The molecular weight excluding hydrogens is 374 g/mol. The first kappa shape index (κ1) is 23.8. The molecule has 0 atom stereocenters. The number of amides is 1. The summed E-state index contributed by atoms with van der Waals surface area (Å²) in [6.07, 6.45) is 0.980. The maximum absolute atomic E-state index is 13.1. The van der Waals surface area contributed by atoms with Gasteiger partial charge in [0.2, 0.25) is 0 Å². The molecule has 0 unspecified atom stereocenters. The zero-order valence-corrected chi connectivity index (χ0v) is 17.8. The van der Waals surface area contributed by atoms with E-state index in [1.54, 1.807) is 36.3 Å². The summed E-state index contributed by atoms with van der Waals surface area (Å²) in [6.45, 7) is 9.02. The summed E-state index contributed by atoms with van der Waals surface area (Å²) in [5.74, 6) is 0.862. The van der Waals surface area contributed by atoms with Gasteiger partial charge in [-0.2, -0.15) is 0 Å². The summed E-state index contributed by atoms with van der Waals surface area (Å²) in [4.78, 5) is 16.5. The van der Waals surface area contributed by atoms with Gasteiger partial charge < -0.3 is 32.7 Å². The number of benzene rings is 2. The highest BCUT2D eigenvalue weighted by Gasteiger charge is 2.17. The van der Waals surface area contributed by atoms with Crippen LogP contribution in [0.5, 0.6) is 5.75 Å². The number of carbonyl (C=O) groups is 1. The Balaban J connectivity index is 0.00000392. The number of ether oxygens (including phenoxy) is 1. The number of hydrogen-bond donors (Lipinski definition) is 2. The van der Waals surface area contributed by atoms with Crippen LogP contribution in [0, 0.1) is 0 Å². The van der Waals surface area contributed by atoms with Crippen LogP contribution >= 0.6 is 0 Å². The smallest absolute Gasteiger partial charge is 0.254 e. The monoisotopic (exact) mass is 405 g/mol. The van der Waals surface area contributed by atoms with Crippen LogP contribution in [0.1, 0.15) is 36.2 Å². The fraction of sp³-hybridized carbons (Fsp3) is 0.409. The molecule has 2 rings (SSSR count). The third kappa shape index (κ3) is 7.06. The summed E-state index contributed by atoms with van der Waals surface area (Å²) in [7, 11) is 1.65. The number of quaternary nitrogens is 1. The second-order valence-electron chi connectivity index (χ2n) is 6.76. The van der Waals surface area contributed by atoms with Crippen molar-refractivity contribution in [2.75, 3.05) is 39.0 Å². The molecule has 0 fully saturated rings. The minimum atomic E-state index is 0. The molecule has 5 nitrogen and oxygen atoms in total. The SMILES string of the molecule is CC[NH+](CC)CCCN(Cc1ccc(OC)cc1)C(=O)c1ccc(N)cc1.[Cl-]. The molecule has 3 N–H and O–H groups in total. The number of nitrogen functional groups attached to an aromatic ring is 1. The van der Waals surface area contributed by atoms with E-state index in [0.29, 0.717) is 17.8 Å². The molecule has 0 aliphatic carbocycles. The Morgan fingerprint density at radius 1 is 1.04 bits per heavy atom. The Morgan fingerprint density at radius 3 is 2.18 bits per heavy atom. The molecule has 0 aliphatic heterocycles. The summed E-state index contributed by atoms with van der Waals surface area (Å²) >= 11 is 0. The Morgan fingerprint density at radius 2 is 1.64 bits per heavy atom. The molecule has 0 spiro atoms. The molecule has 0 aromatic heterocycles. The topological polar surface area (TPSA) is 60.0 Å². The van der Waals surface area contributed by atoms with E-state index in [9.17, 15) is 4.79 Å². The fourth-order valence-corrected chi connectivity index (χ4v) is 3.14. The molecule has 0 aliphatic rings. The number of anilines is 1. The molecule has 2 aromatic carbocycles. The van der Waals surface area contributed by atoms with E-state index in [1.807, 2.05) is 29.2 Å². The van der Waals surface area contributed by atoms with Crippen LogP contribution in [0.3, 0.4) is 0 Å². The van der Waals surface area contributed by atoms with Gasteiger partial charge in [0, 0.05) is 30.8 Å². The minimum Gasteiger partial charge on any atom is -1.00 e. The molecule has 0 bridgehead atoms. The Bertz CT molecular complexity index is 701. The number of methoxy groups -OCH3 is 1. The predicted octanol–water partition coefficient (Wildman–Crippen LogP) is -0.761. The summed E-state index contributed by atoms with van der Waals surface area (Å²) < 4.78 is 5.22. The van der Waals surface area contributed by atoms with Crippen LogP contribution in [-0.2, 0) is 6.54 Å². The van der Waals surface area contributed by atoms with Gasteiger partial charge in [-0.05, 0) is 55.8 Å². The molecule has 0 radical (unpaired) electrons. The standard InChI is InChI=1S/C22H31N3O2.ClH/c1-4-24(5-2)15-6-16-25(17-18-7-13-21(27-3)14-8-18)22(26)19-9-11-20(23)12-10-19;/h7-14H,4-6,15-17,23H2,1-3H3;1H. The average molecular weight is 406 g/mol. The van der Waals surface area contributed by atoms with E-state index in [1.165, 1.54) is 0 Å². The normalized spacial score (nSPS) is 10.4. The first-order chi connectivity index (χ1) is 13.1. The van der Waals surface area contributed by atoms with E-state index in [2.05, 4.69) is 13.8 Å². The average Bonchev–Trinajstić information content (AvgIpc) is 2.71. The Hall–Kier alpha value is -2.24. The molecule has 1 amide bonds. The molecule has 0 saturated heterocycles. The molecule has 6 heteroatoms. The molecule has 28 heavy (non-hydrogen) atoms. The number of halogens is 1. The van der Waals surface area contributed by atoms with E-state index < -0.39 is 0 Å². The van der Waals surface area contributed by atoms with Crippen LogP contribution in [0.15, 0.2) is 48.5 Å². The molecule has 0 saturated carbocycles. The van der Waals surface area contributed by atoms with Crippen molar-refractivity contribution in [2.24, 2.45) is 0 Å². The van der Waals surface area contributed by atoms with Crippen LogP contribution in [-0.4, -0.2) is 44.1 Å². The van der Waals surface area contributed by atoms with Crippen LogP contribution < -0.4 is 27.8 Å².